The lowest BCUT2D eigenvalue weighted by atomic mass is 9.87. The summed E-state index contributed by atoms with van der Waals surface area (Å²) in [7, 11) is 0. The molecule has 0 amide bonds. The predicted molar refractivity (Wildman–Crippen MR) is 230 cm³/mol. The van der Waals surface area contributed by atoms with Crippen molar-refractivity contribution in [2.75, 3.05) is 0 Å². The summed E-state index contributed by atoms with van der Waals surface area (Å²) >= 11 is 0. The third kappa shape index (κ3) is 5.05. The SMILES string of the molecule is CCc1cccc(-c2ccccc2-n2c3ccccc3c3c(-n4c5ccccc5c5ccccc54)cccc32)c1-c1cccc(-c2ccc(C#N)c(C#N)c2)c1. The van der Waals surface area contributed by atoms with Crippen LogP contribution in [0.25, 0.3) is 88.4 Å². The van der Waals surface area contributed by atoms with Crippen LogP contribution in [-0.4, -0.2) is 9.13 Å². The number of nitriles is 2. The second-order valence-electron chi connectivity index (χ2n) is 14.2. The Hall–Kier alpha value is -7.66. The topological polar surface area (TPSA) is 57.4 Å². The summed E-state index contributed by atoms with van der Waals surface area (Å²) in [6.07, 6.45) is 0.864. The Morgan fingerprint density at radius 2 is 0.964 bits per heavy atom. The van der Waals surface area contributed by atoms with Crippen LogP contribution in [0.3, 0.4) is 0 Å². The van der Waals surface area contributed by atoms with Crippen LogP contribution >= 0.6 is 0 Å². The number of para-hydroxylation sites is 4. The fourth-order valence-corrected chi connectivity index (χ4v) is 8.75. The number of aryl methyl sites for hydroxylation is 1. The van der Waals surface area contributed by atoms with Crippen molar-refractivity contribution in [1.82, 2.24) is 9.13 Å². The molecule has 0 atom stereocenters. The summed E-state index contributed by atoms with van der Waals surface area (Å²) in [6.45, 7) is 2.21. The molecule has 4 heteroatoms. The minimum atomic E-state index is 0.381. The molecule has 0 spiro atoms. The van der Waals surface area contributed by atoms with E-state index in [0.29, 0.717) is 11.1 Å². The summed E-state index contributed by atoms with van der Waals surface area (Å²) in [4.78, 5) is 0. The van der Waals surface area contributed by atoms with Gasteiger partial charge in [0.25, 0.3) is 0 Å². The Balaban J connectivity index is 1.22. The number of aromatic nitrogens is 2. The fourth-order valence-electron chi connectivity index (χ4n) is 8.75. The molecule has 0 bridgehead atoms. The third-order valence-electron chi connectivity index (χ3n) is 11.2. The molecule has 0 saturated heterocycles. The monoisotopic (exact) mass is 714 g/mol. The van der Waals surface area contributed by atoms with E-state index in [1.54, 1.807) is 6.07 Å². The Bertz CT molecular complexity index is 3220. The van der Waals surface area contributed by atoms with Crippen molar-refractivity contribution in [3.05, 3.63) is 193 Å². The molecular weight excluding hydrogens is 681 g/mol. The number of fused-ring (bicyclic) bond motifs is 6. The molecule has 10 rings (SSSR count). The number of hydrogen-bond donors (Lipinski definition) is 0. The molecule has 10 aromatic rings. The Morgan fingerprint density at radius 1 is 0.429 bits per heavy atom. The zero-order valence-corrected chi connectivity index (χ0v) is 30.7. The van der Waals surface area contributed by atoms with Gasteiger partial charge in [0.1, 0.15) is 12.1 Å². The minimum absolute atomic E-state index is 0.381. The molecule has 8 aromatic carbocycles. The van der Waals surface area contributed by atoms with E-state index in [1.807, 2.05) is 12.1 Å². The third-order valence-corrected chi connectivity index (χ3v) is 11.2. The highest BCUT2D eigenvalue weighted by Gasteiger charge is 2.22. The van der Waals surface area contributed by atoms with Gasteiger partial charge in [-0.05, 0) is 94.4 Å². The van der Waals surface area contributed by atoms with Gasteiger partial charge in [0, 0.05) is 27.1 Å². The second kappa shape index (κ2) is 13.3. The fraction of sp³-hybridized carbons (Fsp3) is 0.0385. The predicted octanol–water partition coefficient (Wildman–Crippen LogP) is 13.2. The summed E-state index contributed by atoms with van der Waals surface area (Å²) in [5, 5.41) is 24.2. The summed E-state index contributed by atoms with van der Waals surface area (Å²) < 4.78 is 4.87. The van der Waals surface area contributed by atoms with Crippen LogP contribution in [0.5, 0.6) is 0 Å². The summed E-state index contributed by atoms with van der Waals surface area (Å²) in [6, 6.07) is 66.6. The number of rotatable bonds is 6. The van der Waals surface area contributed by atoms with Crippen molar-refractivity contribution in [2.45, 2.75) is 13.3 Å². The van der Waals surface area contributed by atoms with Crippen molar-refractivity contribution >= 4 is 43.6 Å². The Kier molecular flexibility index (Phi) is 7.84. The van der Waals surface area contributed by atoms with Gasteiger partial charge in [0.05, 0.1) is 44.6 Å². The first-order valence-corrected chi connectivity index (χ1v) is 19.0. The standard InChI is InChI=1S/C52H34N4/c1-2-34-14-12-21-43(51(34)37-16-11-15-35(30-37)36-28-29-38(32-53)39(31-36)33-54)42-19-5-9-24-47(42)56-48-25-10-6-20-44(48)52-49(26-13-27-50(52)56)55-45-22-7-3-17-40(45)41-18-4-8-23-46(41)55/h3-31H,2H2,1H3. The second-order valence-corrected chi connectivity index (χ2v) is 14.2. The molecule has 4 nitrogen and oxygen atoms in total. The molecule has 56 heavy (non-hydrogen) atoms. The van der Waals surface area contributed by atoms with Gasteiger partial charge in [0.15, 0.2) is 0 Å². The molecule has 0 aliphatic carbocycles. The number of benzene rings is 8. The van der Waals surface area contributed by atoms with Crippen molar-refractivity contribution in [3.63, 3.8) is 0 Å². The van der Waals surface area contributed by atoms with E-state index >= 15 is 0 Å². The van der Waals surface area contributed by atoms with Gasteiger partial charge in [-0.25, -0.2) is 0 Å². The average Bonchev–Trinajstić information content (AvgIpc) is 3.79. The van der Waals surface area contributed by atoms with E-state index < -0.39 is 0 Å². The minimum Gasteiger partial charge on any atom is -0.309 e. The summed E-state index contributed by atoms with van der Waals surface area (Å²) in [5.41, 5.74) is 15.4. The molecular formula is C52H34N4. The van der Waals surface area contributed by atoms with Gasteiger partial charge in [-0.2, -0.15) is 10.5 Å². The molecule has 2 heterocycles. The lowest BCUT2D eigenvalue weighted by Crippen LogP contribution is -2.00. The van der Waals surface area contributed by atoms with Gasteiger partial charge in [-0.15, -0.1) is 0 Å². The van der Waals surface area contributed by atoms with E-state index in [1.165, 1.54) is 43.7 Å². The van der Waals surface area contributed by atoms with Gasteiger partial charge < -0.3 is 9.13 Å². The Morgan fingerprint density at radius 3 is 1.70 bits per heavy atom. The van der Waals surface area contributed by atoms with Crippen molar-refractivity contribution in [2.24, 2.45) is 0 Å². The lowest BCUT2D eigenvalue weighted by molar-refractivity contribution is 1.14. The lowest BCUT2D eigenvalue weighted by Gasteiger charge is -2.20. The van der Waals surface area contributed by atoms with Gasteiger partial charge in [0.2, 0.25) is 0 Å². The van der Waals surface area contributed by atoms with Gasteiger partial charge in [-0.1, -0.05) is 128 Å². The Labute approximate surface area is 325 Å². The van der Waals surface area contributed by atoms with E-state index in [4.69, 9.17) is 0 Å². The highest BCUT2D eigenvalue weighted by molar-refractivity contribution is 6.16. The van der Waals surface area contributed by atoms with Crippen LogP contribution < -0.4 is 0 Å². The summed E-state index contributed by atoms with van der Waals surface area (Å²) in [5.74, 6) is 0. The quantitative estimate of drug-likeness (QED) is 0.172. The molecule has 262 valence electrons. The smallest absolute Gasteiger partial charge is 0.101 e. The first kappa shape index (κ1) is 32.9. The normalized spacial score (nSPS) is 11.3. The van der Waals surface area contributed by atoms with E-state index in [0.717, 1.165) is 56.6 Å². The van der Waals surface area contributed by atoms with Gasteiger partial charge in [-0.3, -0.25) is 0 Å². The van der Waals surface area contributed by atoms with Crippen LogP contribution in [0.4, 0.5) is 0 Å². The van der Waals surface area contributed by atoms with E-state index in [2.05, 4.69) is 186 Å². The molecule has 0 fully saturated rings. The first-order valence-electron chi connectivity index (χ1n) is 19.0. The van der Waals surface area contributed by atoms with Crippen LogP contribution in [0, 0.1) is 22.7 Å². The van der Waals surface area contributed by atoms with E-state index in [-0.39, 0.29) is 0 Å². The number of hydrogen-bond acceptors (Lipinski definition) is 2. The van der Waals surface area contributed by atoms with Crippen molar-refractivity contribution in [3.8, 4) is 56.9 Å². The molecule has 0 N–H and O–H groups in total. The van der Waals surface area contributed by atoms with Crippen LogP contribution in [-0.2, 0) is 6.42 Å². The van der Waals surface area contributed by atoms with Crippen molar-refractivity contribution < 1.29 is 0 Å². The maximum absolute atomic E-state index is 9.76. The molecule has 0 radical (unpaired) electrons. The maximum atomic E-state index is 9.76. The zero-order chi connectivity index (χ0) is 37.8. The molecule has 0 saturated carbocycles. The maximum Gasteiger partial charge on any atom is 0.101 e. The molecule has 2 aromatic heterocycles. The van der Waals surface area contributed by atoms with Crippen LogP contribution in [0.1, 0.15) is 23.6 Å². The van der Waals surface area contributed by atoms with Crippen molar-refractivity contribution in [1.29, 1.82) is 10.5 Å². The number of nitrogens with zero attached hydrogens (tertiary/aromatic N) is 4. The molecule has 0 unspecified atom stereocenters. The molecule has 0 aliphatic rings. The van der Waals surface area contributed by atoms with Crippen LogP contribution in [0.2, 0.25) is 0 Å². The molecule has 0 aliphatic heterocycles. The first-order chi connectivity index (χ1) is 27.7. The highest BCUT2D eigenvalue weighted by Crippen LogP contribution is 2.44. The highest BCUT2D eigenvalue weighted by atomic mass is 15.0. The zero-order valence-electron chi connectivity index (χ0n) is 30.7. The van der Waals surface area contributed by atoms with Crippen LogP contribution in [0.15, 0.2) is 176 Å². The average molecular weight is 715 g/mol. The van der Waals surface area contributed by atoms with E-state index in [9.17, 15) is 10.5 Å². The van der Waals surface area contributed by atoms with Gasteiger partial charge >= 0.3 is 0 Å². The largest absolute Gasteiger partial charge is 0.309 e.